The molecule has 4 rings (SSSR count). The summed E-state index contributed by atoms with van der Waals surface area (Å²) in [6.07, 6.45) is 1.13. The maximum absolute atomic E-state index is 12.4. The zero-order valence-corrected chi connectivity index (χ0v) is 18.9. The first kappa shape index (κ1) is 22.1. The molecule has 2 aromatic carbocycles. The molecule has 0 aliphatic heterocycles. The van der Waals surface area contributed by atoms with Crippen molar-refractivity contribution >= 4 is 31.4 Å². The van der Waals surface area contributed by atoms with Crippen molar-refractivity contribution < 1.29 is 26.7 Å². The highest BCUT2D eigenvalue weighted by molar-refractivity contribution is 7.90. The van der Waals surface area contributed by atoms with Gasteiger partial charge in [0.2, 0.25) is 5.88 Å². The van der Waals surface area contributed by atoms with Crippen LogP contribution in [0.15, 0.2) is 53.4 Å². The maximum atomic E-state index is 12.4. The van der Waals surface area contributed by atoms with Crippen molar-refractivity contribution in [3.05, 3.63) is 59.0 Å². The molecule has 0 spiro atoms. The number of halogens is 2. The van der Waals surface area contributed by atoms with Gasteiger partial charge in [-0.05, 0) is 61.9 Å². The summed E-state index contributed by atoms with van der Waals surface area (Å²) in [5, 5.41) is 0.735. The molecule has 10 heteroatoms. The fraction of sp³-hybridized carbons (Fsp3) is 0.182. The number of rotatable bonds is 6. The number of hydrogen-bond acceptors (Lipinski definition) is 7. The lowest BCUT2D eigenvalue weighted by Crippen LogP contribution is -2.01. The molecule has 0 bridgehead atoms. The van der Waals surface area contributed by atoms with Crippen molar-refractivity contribution in [2.24, 2.45) is 0 Å². The number of ether oxygens (including phenoxy) is 2. The molecule has 32 heavy (non-hydrogen) atoms. The van der Waals surface area contributed by atoms with Gasteiger partial charge in [0.15, 0.2) is 15.7 Å². The molecule has 0 amide bonds. The van der Waals surface area contributed by atoms with Crippen molar-refractivity contribution in [1.29, 1.82) is 0 Å². The molecule has 0 saturated carbocycles. The largest absolute Gasteiger partial charge is 0.438 e. The molecule has 2 heterocycles. The Bertz CT molecular complexity index is 1400. The Morgan fingerprint density at radius 1 is 1.00 bits per heavy atom. The van der Waals surface area contributed by atoms with Crippen LogP contribution in [0.2, 0.25) is 0 Å². The van der Waals surface area contributed by atoms with Crippen LogP contribution >= 0.6 is 11.3 Å². The Morgan fingerprint density at radius 2 is 1.72 bits per heavy atom. The zero-order chi connectivity index (χ0) is 23.0. The Labute approximate surface area is 187 Å². The van der Waals surface area contributed by atoms with Crippen LogP contribution in [0.25, 0.3) is 21.6 Å². The van der Waals surface area contributed by atoms with E-state index in [0.717, 1.165) is 22.1 Å². The standard InChI is InChI=1S/C22H18F2N2O4S2/c1-12-13(2)31-21-18(12)20(29-16-5-4-6-17(11-16)32(3,27)28)25-19(26-21)14-7-9-15(10-8-14)30-22(23)24/h4-11,22H,1-3H3. The van der Waals surface area contributed by atoms with E-state index in [1.165, 1.54) is 35.6 Å². The van der Waals surface area contributed by atoms with Gasteiger partial charge in [0.25, 0.3) is 0 Å². The van der Waals surface area contributed by atoms with Gasteiger partial charge in [-0.15, -0.1) is 11.3 Å². The quantitative estimate of drug-likeness (QED) is 0.351. The smallest absolute Gasteiger partial charge is 0.387 e. The predicted octanol–water partition coefficient (Wildman–Crippen LogP) is 5.77. The van der Waals surface area contributed by atoms with Crippen molar-refractivity contribution in [2.45, 2.75) is 25.4 Å². The summed E-state index contributed by atoms with van der Waals surface area (Å²) in [7, 11) is -3.40. The van der Waals surface area contributed by atoms with Gasteiger partial charge in [0, 0.05) is 16.7 Å². The molecule has 166 valence electrons. The molecule has 4 aromatic rings. The molecule has 0 unspecified atom stereocenters. The van der Waals surface area contributed by atoms with Crippen molar-refractivity contribution in [3.63, 3.8) is 0 Å². The lowest BCUT2D eigenvalue weighted by molar-refractivity contribution is -0.0498. The van der Waals surface area contributed by atoms with Crippen LogP contribution in [-0.4, -0.2) is 31.3 Å². The summed E-state index contributed by atoms with van der Waals surface area (Å²) >= 11 is 1.48. The normalized spacial score (nSPS) is 11.8. The molecule has 0 fully saturated rings. The summed E-state index contributed by atoms with van der Waals surface area (Å²) < 4.78 is 59.1. The monoisotopic (exact) mass is 476 g/mol. The van der Waals surface area contributed by atoms with E-state index < -0.39 is 16.4 Å². The van der Waals surface area contributed by atoms with E-state index in [1.807, 2.05) is 13.8 Å². The van der Waals surface area contributed by atoms with E-state index in [0.29, 0.717) is 22.0 Å². The lowest BCUT2D eigenvalue weighted by atomic mass is 10.2. The Hall–Kier alpha value is -3.11. The first-order valence-corrected chi connectivity index (χ1v) is 12.1. The van der Waals surface area contributed by atoms with Crippen LogP contribution < -0.4 is 9.47 Å². The molecule has 2 aromatic heterocycles. The Morgan fingerprint density at radius 3 is 2.38 bits per heavy atom. The van der Waals surface area contributed by atoms with Crippen molar-refractivity contribution in [1.82, 2.24) is 9.97 Å². The van der Waals surface area contributed by atoms with Crippen molar-refractivity contribution in [3.8, 4) is 28.8 Å². The number of aromatic nitrogens is 2. The number of benzene rings is 2. The maximum Gasteiger partial charge on any atom is 0.387 e. The SMILES string of the molecule is Cc1sc2nc(-c3ccc(OC(F)F)cc3)nc(Oc3cccc(S(C)(=O)=O)c3)c2c1C. The molecule has 0 radical (unpaired) electrons. The van der Waals surface area contributed by atoms with E-state index >= 15 is 0 Å². The van der Waals surface area contributed by atoms with Gasteiger partial charge in [0.1, 0.15) is 16.3 Å². The summed E-state index contributed by atoms with van der Waals surface area (Å²) in [4.78, 5) is 11.1. The molecule has 0 saturated heterocycles. The Balaban J connectivity index is 1.80. The number of sulfone groups is 1. The highest BCUT2D eigenvalue weighted by Gasteiger charge is 2.18. The van der Waals surface area contributed by atoms with E-state index in [1.54, 1.807) is 24.3 Å². The molecule has 6 nitrogen and oxygen atoms in total. The summed E-state index contributed by atoms with van der Waals surface area (Å²) in [5.41, 5.74) is 1.55. The molecule has 0 N–H and O–H groups in total. The van der Waals surface area contributed by atoms with Crippen LogP contribution in [0.1, 0.15) is 10.4 Å². The second-order valence-corrected chi connectivity index (χ2v) is 10.3. The number of thiophene rings is 1. The minimum Gasteiger partial charge on any atom is -0.438 e. The van der Waals surface area contributed by atoms with Crippen LogP contribution in [-0.2, 0) is 9.84 Å². The number of aryl methyl sites for hydroxylation is 2. The van der Waals surface area contributed by atoms with Crippen molar-refractivity contribution in [2.75, 3.05) is 6.26 Å². The van der Waals surface area contributed by atoms with Gasteiger partial charge in [-0.1, -0.05) is 6.07 Å². The number of nitrogens with zero attached hydrogens (tertiary/aromatic N) is 2. The molecular weight excluding hydrogens is 458 g/mol. The topological polar surface area (TPSA) is 78.4 Å². The fourth-order valence-corrected chi connectivity index (χ4v) is 4.76. The molecule has 0 aliphatic carbocycles. The second-order valence-electron chi connectivity index (χ2n) is 7.07. The number of hydrogen-bond donors (Lipinski definition) is 0. The zero-order valence-electron chi connectivity index (χ0n) is 17.3. The third-order valence-corrected chi connectivity index (χ3v) is 6.99. The van der Waals surface area contributed by atoms with Gasteiger partial charge < -0.3 is 9.47 Å². The summed E-state index contributed by atoms with van der Waals surface area (Å²) in [5.74, 6) is 0.978. The molecular formula is C22H18F2N2O4S2. The van der Waals surface area contributed by atoms with Gasteiger partial charge in [-0.2, -0.15) is 13.8 Å². The lowest BCUT2D eigenvalue weighted by Gasteiger charge is -2.10. The van der Waals surface area contributed by atoms with Crippen LogP contribution in [0, 0.1) is 13.8 Å². The average Bonchev–Trinajstić information content (AvgIpc) is 3.01. The highest BCUT2D eigenvalue weighted by Crippen LogP contribution is 2.38. The fourth-order valence-electron chi connectivity index (χ4n) is 3.08. The second kappa shape index (κ2) is 8.44. The first-order chi connectivity index (χ1) is 15.1. The van der Waals surface area contributed by atoms with E-state index in [9.17, 15) is 17.2 Å². The van der Waals surface area contributed by atoms with E-state index in [4.69, 9.17) is 4.74 Å². The van der Waals surface area contributed by atoms with Crippen LogP contribution in [0.4, 0.5) is 8.78 Å². The van der Waals surface area contributed by atoms with Gasteiger partial charge >= 0.3 is 6.61 Å². The molecule has 0 atom stereocenters. The van der Waals surface area contributed by atoms with Gasteiger partial charge in [-0.3, -0.25) is 0 Å². The minimum atomic E-state index is -3.40. The molecule has 0 aliphatic rings. The highest BCUT2D eigenvalue weighted by atomic mass is 32.2. The predicted molar refractivity (Wildman–Crippen MR) is 119 cm³/mol. The third-order valence-electron chi connectivity index (χ3n) is 4.78. The Kier molecular flexibility index (Phi) is 5.83. The van der Waals surface area contributed by atoms with Gasteiger partial charge in [-0.25, -0.2) is 13.4 Å². The van der Waals surface area contributed by atoms with Gasteiger partial charge in [0.05, 0.1) is 10.3 Å². The van der Waals surface area contributed by atoms with E-state index in [2.05, 4.69) is 14.7 Å². The first-order valence-electron chi connectivity index (χ1n) is 9.43. The summed E-state index contributed by atoms with van der Waals surface area (Å²) in [6.45, 7) is 0.993. The van der Waals surface area contributed by atoms with Crippen LogP contribution in [0.3, 0.4) is 0 Å². The van der Waals surface area contributed by atoms with Crippen LogP contribution in [0.5, 0.6) is 17.4 Å². The third kappa shape index (κ3) is 4.56. The number of alkyl halides is 2. The average molecular weight is 477 g/mol. The summed E-state index contributed by atoms with van der Waals surface area (Å²) in [6, 6.07) is 12.2. The number of fused-ring (bicyclic) bond motifs is 1. The minimum absolute atomic E-state index is 0.0294. The van der Waals surface area contributed by atoms with E-state index in [-0.39, 0.29) is 16.5 Å².